The molecule has 0 aromatic heterocycles. The van der Waals surface area contributed by atoms with Gasteiger partial charge in [0.05, 0.1) is 7.11 Å². The Morgan fingerprint density at radius 2 is 1.54 bits per heavy atom. The first kappa shape index (κ1) is 21.5. The molecule has 28 heavy (non-hydrogen) atoms. The molecule has 1 amide bonds. The zero-order valence-electron chi connectivity index (χ0n) is 17.2. The third-order valence-electron chi connectivity index (χ3n) is 4.40. The summed E-state index contributed by atoms with van der Waals surface area (Å²) in [4.78, 5) is 24.1. The van der Waals surface area contributed by atoms with Crippen LogP contribution in [0.15, 0.2) is 54.6 Å². The van der Waals surface area contributed by atoms with E-state index in [0.29, 0.717) is 6.42 Å². The maximum absolute atomic E-state index is 12.1. The number of esters is 1. The Morgan fingerprint density at radius 3 is 2.07 bits per heavy atom. The summed E-state index contributed by atoms with van der Waals surface area (Å²) >= 11 is 0. The van der Waals surface area contributed by atoms with Gasteiger partial charge in [-0.3, -0.25) is 0 Å². The normalized spacial score (nSPS) is 13.3. The molecule has 5 nitrogen and oxygen atoms in total. The fraction of sp³-hybridized carbons (Fsp3) is 0.391. The van der Waals surface area contributed by atoms with Gasteiger partial charge < -0.3 is 14.8 Å². The fourth-order valence-electron chi connectivity index (χ4n) is 2.90. The van der Waals surface area contributed by atoms with Gasteiger partial charge in [0, 0.05) is 12.3 Å². The van der Waals surface area contributed by atoms with Gasteiger partial charge in [-0.1, -0.05) is 61.5 Å². The van der Waals surface area contributed by atoms with E-state index in [1.807, 2.05) is 30.3 Å². The van der Waals surface area contributed by atoms with Gasteiger partial charge in [0.15, 0.2) is 0 Å². The number of hydrogen-bond donors (Lipinski definition) is 1. The van der Waals surface area contributed by atoms with E-state index in [1.165, 1.54) is 18.2 Å². The largest absolute Gasteiger partial charge is 0.467 e. The molecule has 0 fully saturated rings. The Bertz CT molecular complexity index is 778. The molecule has 0 saturated heterocycles. The Balaban J connectivity index is 2.08. The van der Waals surface area contributed by atoms with Crippen molar-refractivity contribution in [2.45, 2.75) is 51.7 Å². The van der Waals surface area contributed by atoms with Crippen LogP contribution in [0.4, 0.5) is 4.79 Å². The van der Waals surface area contributed by atoms with Crippen LogP contribution in [-0.4, -0.2) is 30.8 Å². The number of hydrogen-bond acceptors (Lipinski definition) is 4. The van der Waals surface area contributed by atoms with E-state index in [0.717, 1.165) is 5.56 Å². The summed E-state index contributed by atoms with van der Waals surface area (Å²) in [5.41, 5.74) is 2.72. The van der Waals surface area contributed by atoms with Crippen molar-refractivity contribution in [2.24, 2.45) is 0 Å². The summed E-state index contributed by atoms with van der Waals surface area (Å²) in [6.45, 7) is 7.47. The van der Waals surface area contributed by atoms with Crippen LogP contribution in [-0.2, 0) is 20.7 Å². The van der Waals surface area contributed by atoms with Gasteiger partial charge in [-0.2, -0.15) is 0 Å². The third-order valence-corrected chi connectivity index (χ3v) is 4.40. The molecular weight excluding hydrogens is 354 g/mol. The zero-order valence-corrected chi connectivity index (χ0v) is 17.2. The number of methoxy groups -OCH3 is 1. The van der Waals surface area contributed by atoms with Crippen molar-refractivity contribution in [1.29, 1.82) is 0 Å². The number of amides is 1. The number of benzene rings is 2. The number of alkyl carbamates (subject to hydrolysis) is 1. The monoisotopic (exact) mass is 383 g/mol. The molecular formula is C23H29NO4. The van der Waals surface area contributed by atoms with Gasteiger partial charge in [0.25, 0.3) is 0 Å². The molecule has 0 saturated carbocycles. The number of rotatable bonds is 6. The molecule has 0 bridgehead atoms. The van der Waals surface area contributed by atoms with Crippen LogP contribution in [0.3, 0.4) is 0 Å². The van der Waals surface area contributed by atoms with Gasteiger partial charge in [-0.15, -0.1) is 0 Å². The lowest BCUT2D eigenvalue weighted by molar-refractivity contribution is -0.143. The number of ether oxygens (including phenoxy) is 2. The van der Waals surface area contributed by atoms with Gasteiger partial charge in [-0.05, 0) is 37.5 Å². The zero-order chi connectivity index (χ0) is 20.7. The van der Waals surface area contributed by atoms with E-state index in [-0.39, 0.29) is 5.92 Å². The number of carbonyl (C=O) groups excluding carboxylic acids is 2. The molecule has 2 atom stereocenters. The average Bonchev–Trinajstić information content (AvgIpc) is 2.66. The van der Waals surface area contributed by atoms with Crippen molar-refractivity contribution < 1.29 is 19.1 Å². The van der Waals surface area contributed by atoms with Crippen LogP contribution >= 0.6 is 0 Å². The van der Waals surface area contributed by atoms with Crippen molar-refractivity contribution in [3.63, 3.8) is 0 Å². The molecule has 150 valence electrons. The standard InChI is InChI=1S/C23H29NO4/c1-16(18-9-7-6-8-10-18)19-13-11-17(12-14-19)15-20(21(25)27-5)24-22(26)28-23(2,3)4/h6-14,16,20H,15H2,1-5H3,(H,24,26). The molecule has 5 heteroatoms. The molecule has 0 aliphatic heterocycles. The Labute approximate surface area is 167 Å². The van der Waals surface area contributed by atoms with Gasteiger partial charge in [-0.25, -0.2) is 9.59 Å². The summed E-state index contributed by atoms with van der Waals surface area (Å²) < 4.78 is 10.1. The number of carbonyl (C=O) groups is 2. The lowest BCUT2D eigenvalue weighted by Gasteiger charge is -2.22. The molecule has 0 spiro atoms. The first-order valence-electron chi connectivity index (χ1n) is 9.40. The summed E-state index contributed by atoms with van der Waals surface area (Å²) in [6.07, 6.45) is -0.316. The van der Waals surface area contributed by atoms with Crippen LogP contribution in [0.5, 0.6) is 0 Å². The van der Waals surface area contributed by atoms with Gasteiger partial charge >= 0.3 is 12.1 Å². The van der Waals surface area contributed by atoms with E-state index in [1.54, 1.807) is 20.8 Å². The second-order valence-electron chi connectivity index (χ2n) is 7.80. The van der Waals surface area contributed by atoms with Crippen LogP contribution in [0.2, 0.25) is 0 Å². The maximum atomic E-state index is 12.1. The van der Waals surface area contributed by atoms with Crippen molar-refractivity contribution in [3.05, 3.63) is 71.3 Å². The number of nitrogens with one attached hydrogen (secondary N) is 1. The lowest BCUT2D eigenvalue weighted by Crippen LogP contribution is -2.45. The summed E-state index contributed by atoms with van der Waals surface area (Å²) in [5.74, 6) is -0.237. The fourth-order valence-corrected chi connectivity index (χ4v) is 2.90. The Morgan fingerprint density at radius 1 is 0.964 bits per heavy atom. The molecule has 0 aliphatic rings. The van der Waals surface area contributed by atoms with E-state index < -0.39 is 23.7 Å². The Hall–Kier alpha value is -2.82. The van der Waals surface area contributed by atoms with Crippen molar-refractivity contribution in [1.82, 2.24) is 5.32 Å². The van der Waals surface area contributed by atoms with Crippen molar-refractivity contribution in [2.75, 3.05) is 7.11 Å². The van der Waals surface area contributed by atoms with Crippen LogP contribution in [0, 0.1) is 0 Å². The predicted octanol–water partition coefficient (Wildman–Crippen LogP) is 4.45. The Kier molecular flexibility index (Phi) is 7.21. The SMILES string of the molecule is COC(=O)C(Cc1ccc(C(C)c2ccccc2)cc1)NC(=O)OC(C)(C)C. The third kappa shape index (κ3) is 6.41. The second kappa shape index (κ2) is 9.40. The highest BCUT2D eigenvalue weighted by Crippen LogP contribution is 2.24. The highest BCUT2D eigenvalue weighted by Gasteiger charge is 2.25. The van der Waals surface area contributed by atoms with Crippen LogP contribution in [0.25, 0.3) is 0 Å². The van der Waals surface area contributed by atoms with Crippen LogP contribution < -0.4 is 5.32 Å². The minimum absolute atomic E-state index is 0.270. The minimum atomic E-state index is -0.808. The minimum Gasteiger partial charge on any atom is -0.467 e. The van der Waals surface area contributed by atoms with Gasteiger partial charge in [0.1, 0.15) is 11.6 Å². The average molecular weight is 383 g/mol. The topological polar surface area (TPSA) is 64.6 Å². The molecule has 2 aromatic rings. The quantitative estimate of drug-likeness (QED) is 0.749. The van der Waals surface area contributed by atoms with E-state index in [4.69, 9.17) is 9.47 Å². The first-order valence-corrected chi connectivity index (χ1v) is 9.40. The van der Waals surface area contributed by atoms with Crippen molar-refractivity contribution >= 4 is 12.1 Å². The predicted molar refractivity (Wildman–Crippen MR) is 109 cm³/mol. The first-order chi connectivity index (χ1) is 13.2. The molecule has 2 aromatic carbocycles. The molecule has 1 N–H and O–H groups in total. The molecule has 2 unspecified atom stereocenters. The second-order valence-corrected chi connectivity index (χ2v) is 7.80. The summed E-state index contributed by atoms with van der Waals surface area (Å²) in [7, 11) is 1.30. The van der Waals surface area contributed by atoms with E-state index in [9.17, 15) is 9.59 Å². The molecule has 0 radical (unpaired) electrons. The summed E-state index contributed by atoms with van der Waals surface area (Å²) in [6, 6.07) is 17.5. The molecule has 2 rings (SSSR count). The van der Waals surface area contributed by atoms with Crippen LogP contribution in [0.1, 0.15) is 50.3 Å². The highest BCUT2D eigenvalue weighted by molar-refractivity contribution is 5.81. The van der Waals surface area contributed by atoms with Crippen molar-refractivity contribution in [3.8, 4) is 0 Å². The van der Waals surface area contributed by atoms with Gasteiger partial charge in [0.2, 0.25) is 0 Å². The summed E-state index contributed by atoms with van der Waals surface area (Å²) in [5, 5.41) is 2.60. The van der Waals surface area contributed by atoms with E-state index >= 15 is 0 Å². The van der Waals surface area contributed by atoms with E-state index in [2.05, 4.69) is 36.5 Å². The smallest absolute Gasteiger partial charge is 0.408 e. The molecule has 0 heterocycles. The lowest BCUT2D eigenvalue weighted by atomic mass is 9.92. The molecule has 0 aliphatic carbocycles. The highest BCUT2D eigenvalue weighted by atomic mass is 16.6. The maximum Gasteiger partial charge on any atom is 0.408 e.